The van der Waals surface area contributed by atoms with Crippen LogP contribution in [-0.4, -0.2) is 5.78 Å². The third kappa shape index (κ3) is 3.30. The number of aromatic nitrogens is 1. The largest absolute Gasteiger partial charge is 0.384 e. The number of hydrogen-bond acceptors (Lipinski definition) is 4. The number of hydrogen-bond donors (Lipinski definition) is 1. The zero-order valence-electron chi connectivity index (χ0n) is 16.4. The number of aromatic amines is 1. The fourth-order valence-corrected chi connectivity index (χ4v) is 4.44. The molecule has 1 atom stereocenters. The summed E-state index contributed by atoms with van der Waals surface area (Å²) >= 11 is 6.07. The number of rotatable bonds is 2. The molecule has 0 saturated heterocycles. The van der Waals surface area contributed by atoms with Gasteiger partial charge in [-0.25, -0.2) is 4.98 Å². The topological polar surface area (TPSA) is 84.3 Å². The Balaban J connectivity index is 1.99. The number of Topliss-reactive ketones (excluding diaryl/α,β-unsaturated/α-hetero) is 1. The summed E-state index contributed by atoms with van der Waals surface area (Å²) in [7, 11) is 0. The van der Waals surface area contributed by atoms with Crippen LogP contribution < -0.4 is 15.6 Å². The monoisotopic (exact) mass is 405 g/mol. The summed E-state index contributed by atoms with van der Waals surface area (Å²) in [5.74, 6) is -0.0585. The highest BCUT2D eigenvalue weighted by Gasteiger charge is 2.45. The number of halogens is 1. The zero-order valence-corrected chi connectivity index (χ0v) is 17.1. The van der Waals surface area contributed by atoms with Crippen LogP contribution in [0.15, 0.2) is 71.5 Å². The second-order valence-corrected chi connectivity index (χ2v) is 8.73. The molecule has 29 heavy (non-hydrogen) atoms. The summed E-state index contributed by atoms with van der Waals surface area (Å²) in [6, 6.07) is 13.3. The molecule has 4 rings (SSSR count). The summed E-state index contributed by atoms with van der Waals surface area (Å²) in [4.78, 5) is 18.3. The van der Waals surface area contributed by atoms with Crippen LogP contribution in [0.25, 0.3) is 0 Å². The fraction of sp³-hybridized carbons (Fsp3) is 0.261. The van der Waals surface area contributed by atoms with Crippen molar-refractivity contribution >= 4 is 23.1 Å². The molecule has 5 nitrogen and oxygen atoms in total. The minimum Gasteiger partial charge on any atom is -0.384 e. The Morgan fingerprint density at radius 3 is 2.59 bits per heavy atom. The number of benzene rings is 1. The molecule has 2 aliphatic rings. The maximum atomic E-state index is 13.3. The molecule has 6 heteroatoms. The lowest BCUT2D eigenvalue weighted by Gasteiger charge is -2.43. The molecule has 0 radical (unpaired) electrons. The molecular formula is C23H22ClN4O+. The van der Waals surface area contributed by atoms with Crippen LogP contribution in [0.4, 0.5) is 5.69 Å². The van der Waals surface area contributed by atoms with E-state index in [-0.39, 0.29) is 11.2 Å². The van der Waals surface area contributed by atoms with Gasteiger partial charge in [-0.05, 0) is 42.2 Å². The average Bonchev–Trinajstić information content (AvgIpc) is 2.68. The standard InChI is InChI=1S/C23H21ClN4O/c1-23(2)10-18-21(19(29)11-23)20(14-4-3-9-27-13-14)17(12-25)22(26)28(18)16-7-5-15(24)6-8-16/h3-9,13,20H,10-11,26H2,1-2H3/p+1. The van der Waals surface area contributed by atoms with Gasteiger partial charge in [0.05, 0.1) is 17.6 Å². The van der Waals surface area contributed by atoms with Gasteiger partial charge in [-0.2, -0.15) is 5.26 Å². The maximum Gasteiger partial charge on any atom is 0.171 e. The zero-order chi connectivity index (χ0) is 20.8. The molecule has 2 heterocycles. The van der Waals surface area contributed by atoms with E-state index in [1.165, 1.54) is 0 Å². The van der Waals surface area contributed by atoms with Crippen LogP contribution in [0.3, 0.4) is 0 Å². The number of H-pyrrole nitrogens is 1. The first kappa shape index (κ1) is 19.2. The van der Waals surface area contributed by atoms with Gasteiger partial charge in [0.15, 0.2) is 18.2 Å². The molecule has 0 fully saturated rings. The van der Waals surface area contributed by atoms with Gasteiger partial charge < -0.3 is 5.73 Å². The molecule has 1 aromatic heterocycles. The molecule has 146 valence electrons. The predicted octanol–water partition coefficient (Wildman–Crippen LogP) is 4.09. The number of anilines is 1. The van der Waals surface area contributed by atoms with E-state index in [0.717, 1.165) is 16.9 Å². The molecule has 2 aromatic rings. The summed E-state index contributed by atoms with van der Waals surface area (Å²) in [5, 5.41) is 10.6. The number of nitrogens with one attached hydrogen (secondary N) is 1. The van der Waals surface area contributed by atoms with Gasteiger partial charge in [-0.15, -0.1) is 0 Å². The normalized spacial score (nSPS) is 21.1. The molecule has 1 aromatic carbocycles. The van der Waals surface area contributed by atoms with Crippen molar-refractivity contribution in [1.29, 1.82) is 5.26 Å². The van der Waals surface area contributed by atoms with Crippen molar-refractivity contribution in [3.05, 3.63) is 82.0 Å². The van der Waals surface area contributed by atoms with Crippen molar-refractivity contribution in [2.75, 3.05) is 4.90 Å². The van der Waals surface area contributed by atoms with E-state index in [1.54, 1.807) is 18.3 Å². The number of allylic oxidation sites excluding steroid dienone is 3. The van der Waals surface area contributed by atoms with E-state index >= 15 is 0 Å². The van der Waals surface area contributed by atoms with E-state index in [0.29, 0.717) is 34.8 Å². The second kappa shape index (κ2) is 7.06. The molecule has 1 aliphatic heterocycles. The molecule has 1 unspecified atom stereocenters. The van der Waals surface area contributed by atoms with Crippen LogP contribution in [0.2, 0.25) is 5.02 Å². The number of pyridine rings is 1. The Bertz CT molecular complexity index is 1080. The lowest BCUT2D eigenvalue weighted by molar-refractivity contribution is -0.378. The van der Waals surface area contributed by atoms with Gasteiger partial charge in [0, 0.05) is 40.0 Å². The van der Waals surface area contributed by atoms with Gasteiger partial charge in [-0.3, -0.25) is 9.69 Å². The quantitative estimate of drug-likeness (QED) is 0.815. The minimum atomic E-state index is -0.473. The second-order valence-electron chi connectivity index (χ2n) is 8.29. The van der Waals surface area contributed by atoms with Gasteiger partial charge in [0.25, 0.3) is 0 Å². The molecule has 3 N–H and O–H groups in total. The lowest BCUT2D eigenvalue weighted by atomic mass is 9.68. The number of ketones is 1. The first-order valence-corrected chi connectivity index (χ1v) is 9.88. The Morgan fingerprint density at radius 1 is 1.24 bits per heavy atom. The lowest BCUT2D eigenvalue weighted by Crippen LogP contribution is -2.42. The van der Waals surface area contributed by atoms with E-state index in [2.05, 4.69) is 24.9 Å². The highest BCUT2D eigenvalue weighted by molar-refractivity contribution is 6.30. The van der Waals surface area contributed by atoms with E-state index < -0.39 is 5.92 Å². The van der Waals surface area contributed by atoms with Crippen molar-refractivity contribution in [2.45, 2.75) is 32.6 Å². The summed E-state index contributed by atoms with van der Waals surface area (Å²) in [6.07, 6.45) is 4.74. The molecule has 0 saturated carbocycles. The van der Waals surface area contributed by atoms with Crippen molar-refractivity contribution < 1.29 is 9.78 Å². The van der Waals surface area contributed by atoms with Crippen LogP contribution in [-0.2, 0) is 4.79 Å². The molecule has 0 amide bonds. The van der Waals surface area contributed by atoms with E-state index in [9.17, 15) is 10.1 Å². The van der Waals surface area contributed by atoms with E-state index in [1.807, 2.05) is 35.4 Å². The smallest absolute Gasteiger partial charge is 0.171 e. The first-order chi connectivity index (χ1) is 13.8. The van der Waals surface area contributed by atoms with Gasteiger partial charge in [0.1, 0.15) is 5.82 Å². The number of carbonyl (C=O) groups is 1. The Kier molecular flexibility index (Phi) is 4.68. The Labute approximate surface area is 175 Å². The minimum absolute atomic E-state index is 0.0596. The fourth-order valence-electron chi connectivity index (χ4n) is 4.31. The highest BCUT2D eigenvalue weighted by atomic mass is 35.5. The average molecular weight is 406 g/mol. The maximum absolute atomic E-state index is 13.3. The van der Waals surface area contributed by atoms with Gasteiger partial charge in [-0.1, -0.05) is 25.4 Å². The number of nitriles is 1. The molecule has 0 bridgehead atoms. The van der Waals surface area contributed by atoms with E-state index in [4.69, 9.17) is 17.3 Å². The molecule has 1 aliphatic carbocycles. The third-order valence-corrected chi connectivity index (χ3v) is 5.78. The van der Waals surface area contributed by atoms with Gasteiger partial charge in [0.2, 0.25) is 0 Å². The summed E-state index contributed by atoms with van der Waals surface area (Å²) in [5.41, 5.74) is 9.91. The van der Waals surface area contributed by atoms with Crippen LogP contribution in [0.5, 0.6) is 0 Å². The van der Waals surface area contributed by atoms with Crippen molar-refractivity contribution in [2.24, 2.45) is 11.1 Å². The van der Waals surface area contributed by atoms with Crippen LogP contribution in [0.1, 0.15) is 38.2 Å². The Hall–Kier alpha value is -3.10. The van der Waals surface area contributed by atoms with Crippen LogP contribution >= 0.6 is 11.6 Å². The van der Waals surface area contributed by atoms with Crippen molar-refractivity contribution in [3.63, 3.8) is 0 Å². The van der Waals surface area contributed by atoms with Gasteiger partial charge >= 0.3 is 0 Å². The molecule has 0 spiro atoms. The number of nitrogens with zero attached hydrogens (tertiary/aromatic N) is 2. The van der Waals surface area contributed by atoms with Crippen molar-refractivity contribution in [3.8, 4) is 6.07 Å². The third-order valence-electron chi connectivity index (χ3n) is 5.53. The summed E-state index contributed by atoms with van der Waals surface area (Å²) < 4.78 is 0. The number of carbonyl (C=O) groups excluding carboxylic acids is 1. The van der Waals surface area contributed by atoms with Crippen LogP contribution in [0, 0.1) is 16.7 Å². The SMILES string of the molecule is CC1(C)CC(=O)C2=C(C1)N(c1ccc(Cl)cc1)C(N)=C(C#N)C2c1ccc[nH+]c1. The first-order valence-electron chi connectivity index (χ1n) is 9.50. The Morgan fingerprint density at radius 2 is 1.97 bits per heavy atom. The molecular weight excluding hydrogens is 384 g/mol. The van der Waals surface area contributed by atoms with Crippen molar-refractivity contribution in [1.82, 2.24) is 0 Å². The predicted molar refractivity (Wildman–Crippen MR) is 112 cm³/mol. The highest BCUT2D eigenvalue weighted by Crippen LogP contribution is 2.49. The number of nitrogens with two attached hydrogens (primary N) is 1. The summed E-state index contributed by atoms with van der Waals surface area (Å²) in [6.45, 7) is 4.17.